The topological polar surface area (TPSA) is 84.2 Å². The molecular formula is C15H16ClN3O3. The average Bonchev–Trinajstić information content (AvgIpc) is 2.75. The molecular weight excluding hydrogens is 306 g/mol. The van der Waals surface area contributed by atoms with Crippen LogP contribution in [-0.2, 0) is 13.5 Å². The molecule has 0 unspecified atom stereocenters. The fourth-order valence-corrected chi connectivity index (χ4v) is 2.24. The van der Waals surface area contributed by atoms with Crippen LogP contribution in [0.25, 0.3) is 0 Å². The SMILES string of the molecule is Cc1c(Cl)c(C(=O)NCCc2cccc(C(=O)O)c2)nn1C. The van der Waals surface area contributed by atoms with Crippen LogP contribution in [0.5, 0.6) is 0 Å². The number of nitrogens with one attached hydrogen (secondary N) is 1. The highest BCUT2D eigenvalue weighted by atomic mass is 35.5. The van der Waals surface area contributed by atoms with Gasteiger partial charge in [-0.2, -0.15) is 5.10 Å². The molecule has 6 nitrogen and oxygen atoms in total. The highest BCUT2D eigenvalue weighted by molar-refractivity contribution is 6.34. The van der Waals surface area contributed by atoms with Crippen LogP contribution in [-0.4, -0.2) is 33.3 Å². The van der Waals surface area contributed by atoms with Crippen molar-refractivity contribution < 1.29 is 14.7 Å². The first-order chi connectivity index (χ1) is 10.4. The van der Waals surface area contributed by atoms with Crippen LogP contribution < -0.4 is 5.32 Å². The minimum Gasteiger partial charge on any atom is -0.478 e. The number of aryl methyl sites for hydroxylation is 1. The lowest BCUT2D eigenvalue weighted by Gasteiger charge is -2.05. The Morgan fingerprint density at radius 1 is 1.41 bits per heavy atom. The molecule has 0 fully saturated rings. The number of aromatic nitrogens is 2. The Morgan fingerprint density at radius 3 is 2.73 bits per heavy atom. The van der Waals surface area contributed by atoms with Crippen molar-refractivity contribution in [3.8, 4) is 0 Å². The largest absolute Gasteiger partial charge is 0.478 e. The van der Waals surface area contributed by atoms with Gasteiger partial charge in [0.15, 0.2) is 5.69 Å². The summed E-state index contributed by atoms with van der Waals surface area (Å²) in [6.07, 6.45) is 0.524. The molecule has 0 aliphatic heterocycles. The van der Waals surface area contributed by atoms with Crippen molar-refractivity contribution in [3.05, 3.63) is 51.8 Å². The third kappa shape index (κ3) is 3.46. The number of hydrogen-bond acceptors (Lipinski definition) is 3. The summed E-state index contributed by atoms with van der Waals surface area (Å²) in [7, 11) is 1.72. The summed E-state index contributed by atoms with van der Waals surface area (Å²) in [5.74, 6) is -1.32. The summed E-state index contributed by atoms with van der Waals surface area (Å²) in [5.41, 5.74) is 1.98. The summed E-state index contributed by atoms with van der Waals surface area (Å²) in [5, 5.41) is 16.1. The van der Waals surface area contributed by atoms with Gasteiger partial charge in [0.1, 0.15) is 0 Å². The number of halogens is 1. The van der Waals surface area contributed by atoms with E-state index in [1.807, 2.05) is 6.07 Å². The van der Waals surface area contributed by atoms with Crippen molar-refractivity contribution in [3.63, 3.8) is 0 Å². The van der Waals surface area contributed by atoms with Gasteiger partial charge in [0.25, 0.3) is 5.91 Å². The summed E-state index contributed by atoms with van der Waals surface area (Å²) in [6.45, 7) is 2.15. The molecule has 0 aliphatic carbocycles. The summed E-state index contributed by atoms with van der Waals surface area (Å²) in [4.78, 5) is 22.9. The van der Waals surface area contributed by atoms with Crippen molar-refractivity contribution in [2.45, 2.75) is 13.3 Å². The molecule has 0 radical (unpaired) electrons. The van der Waals surface area contributed by atoms with Gasteiger partial charge in [0.05, 0.1) is 16.3 Å². The Hall–Kier alpha value is -2.34. The van der Waals surface area contributed by atoms with Gasteiger partial charge in [-0.3, -0.25) is 9.48 Å². The van der Waals surface area contributed by atoms with E-state index in [0.29, 0.717) is 18.0 Å². The maximum Gasteiger partial charge on any atom is 0.335 e. The molecule has 0 spiro atoms. The van der Waals surface area contributed by atoms with Crippen LogP contribution in [0.3, 0.4) is 0 Å². The quantitative estimate of drug-likeness (QED) is 0.882. The van der Waals surface area contributed by atoms with E-state index in [1.165, 1.54) is 6.07 Å². The summed E-state index contributed by atoms with van der Waals surface area (Å²) >= 11 is 6.05. The van der Waals surface area contributed by atoms with Crippen LogP contribution in [0.1, 0.15) is 32.1 Å². The first-order valence-corrected chi connectivity index (χ1v) is 7.07. The number of aromatic carboxylic acids is 1. The first kappa shape index (κ1) is 16.0. The molecule has 7 heteroatoms. The predicted molar refractivity (Wildman–Crippen MR) is 82.4 cm³/mol. The minimum atomic E-state index is -0.971. The van der Waals surface area contributed by atoms with E-state index in [0.717, 1.165) is 11.3 Å². The second kappa shape index (κ2) is 6.62. The molecule has 1 aromatic heterocycles. The Morgan fingerprint density at radius 2 is 2.14 bits per heavy atom. The number of benzene rings is 1. The van der Waals surface area contributed by atoms with Crippen LogP contribution in [0.2, 0.25) is 5.02 Å². The lowest BCUT2D eigenvalue weighted by atomic mass is 10.1. The van der Waals surface area contributed by atoms with Gasteiger partial charge >= 0.3 is 5.97 Å². The Balaban J connectivity index is 1.96. The fourth-order valence-electron chi connectivity index (χ4n) is 1.99. The zero-order valence-electron chi connectivity index (χ0n) is 12.3. The van der Waals surface area contributed by atoms with Gasteiger partial charge in [-0.05, 0) is 31.0 Å². The highest BCUT2D eigenvalue weighted by Crippen LogP contribution is 2.18. The van der Waals surface area contributed by atoms with E-state index < -0.39 is 5.97 Å². The third-order valence-electron chi connectivity index (χ3n) is 3.35. The van der Waals surface area contributed by atoms with E-state index in [9.17, 15) is 9.59 Å². The molecule has 0 saturated heterocycles. The number of rotatable bonds is 5. The van der Waals surface area contributed by atoms with Gasteiger partial charge < -0.3 is 10.4 Å². The number of hydrogen-bond donors (Lipinski definition) is 2. The molecule has 0 aliphatic rings. The molecule has 0 atom stereocenters. The monoisotopic (exact) mass is 321 g/mol. The molecule has 1 amide bonds. The lowest BCUT2D eigenvalue weighted by molar-refractivity contribution is 0.0696. The van der Waals surface area contributed by atoms with Crippen molar-refractivity contribution in [2.24, 2.45) is 7.05 Å². The summed E-state index contributed by atoms with van der Waals surface area (Å²) in [6, 6.07) is 6.61. The number of amides is 1. The van der Waals surface area contributed by atoms with E-state index in [4.69, 9.17) is 16.7 Å². The van der Waals surface area contributed by atoms with Gasteiger partial charge in [-0.25, -0.2) is 4.79 Å². The fraction of sp³-hybridized carbons (Fsp3) is 0.267. The van der Waals surface area contributed by atoms with Gasteiger partial charge in [-0.1, -0.05) is 23.7 Å². The van der Waals surface area contributed by atoms with E-state index in [1.54, 1.807) is 30.8 Å². The van der Waals surface area contributed by atoms with Crippen LogP contribution in [0.15, 0.2) is 24.3 Å². The minimum absolute atomic E-state index is 0.195. The molecule has 1 aromatic carbocycles. The highest BCUT2D eigenvalue weighted by Gasteiger charge is 2.17. The van der Waals surface area contributed by atoms with Crippen molar-refractivity contribution in [1.82, 2.24) is 15.1 Å². The van der Waals surface area contributed by atoms with E-state index >= 15 is 0 Å². The second-order valence-electron chi connectivity index (χ2n) is 4.88. The van der Waals surface area contributed by atoms with E-state index in [-0.39, 0.29) is 17.2 Å². The predicted octanol–water partition coefficient (Wildman–Crippen LogP) is 2.05. The Bertz CT molecular complexity index is 725. The molecule has 2 N–H and O–H groups in total. The Labute approximate surface area is 132 Å². The number of carbonyl (C=O) groups is 2. The zero-order valence-corrected chi connectivity index (χ0v) is 13.0. The third-order valence-corrected chi connectivity index (χ3v) is 3.80. The molecule has 0 saturated carbocycles. The standard InChI is InChI=1S/C15H16ClN3O3/c1-9-12(16)13(18-19(9)2)14(20)17-7-6-10-4-3-5-11(8-10)15(21)22/h3-5,8H,6-7H2,1-2H3,(H,17,20)(H,21,22). The normalized spacial score (nSPS) is 10.5. The van der Waals surface area contributed by atoms with Crippen molar-refractivity contribution in [2.75, 3.05) is 6.54 Å². The smallest absolute Gasteiger partial charge is 0.335 e. The number of carboxylic acid groups (broad SMARTS) is 1. The molecule has 2 aromatic rings. The maximum atomic E-state index is 12.0. The second-order valence-corrected chi connectivity index (χ2v) is 5.26. The number of nitrogens with zero attached hydrogens (tertiary/aromatic N) is 2. The summed E-state index contributed by atoms with van der Waals surface area (Å²) < 4.78 is 1.55. The maximum absolute atomic E-state index is 12.0. The average molecular weight is 322 g/mol. The van der Waals surface area contributed by atoms with Crippen molar-refractivity contribution in [1.29, 1.82) is 0 Å². The van der Waals surface area contributed by atoms with Crippen LogP contribution >= 0.6 is 11.6 Å². The van der Waals surface area contributed by atoms with Crippen LogP contribution in [0.4, 0.5) is 0 Å². The van der Waals surface area contributed by atoms with Gasteiger partial charge in [0.2, 0.25) is 0 Å². The Kier molecular flexibility index (Phi) is 4.82. The van der Waals surface area contributed by atoms with Gasteiger partial charge in [0, 0.05) is 13.6 Å². The molecule has 22 heavy (non-hydrogen) atoms. The van der Waals surface area contributed by atoms with Crippen LogP contribution in [0, 0.1) is 6.92 Å². The van der Waals surface area contributed by atoms with Crippen molar-refractivity contribution >= 4 is 23.5 Å². The first-order valence-electron chi connectivity index (χ1n) is 6.69. The van der Waals surface area contributed by atoms with Gasteiger partial charge in [-0.15, -0.1) is 0 Å². The van der Waals surface area contributed by atoms with E-state index in [2.05, 4.69) is 10.4 Å². The molecule has 116 valence electrons. The molecule has 2 rings (SSSR count). The number of carboxylic acids is 1. The lowest BCUT2D eigenvalue weighted by Crippen LogP contribution is -2.26. The molecule has 0 bridgehead atoms. The number of carbonyl (C=O) groups excluding carboxylic acids is 1. The zero-order chi connectivity index (χ0) is 16.3. The molecule has 1 heterocycles.